The van der Waals surface area contributed by atoms with Crippen molar-refractivity contribution in [3.63, 3.8) is 0 Å². The number of sulfonamides is 1. The second-order valence-corrected chi connectivity index (χ2v) is 8.02. The molecule has 0 fully saturated rings. The Hall–Kier alpha value is -0.130. The lowest BCUT2D eigenvalue weighted by atomic mass is 10.1. The molecule has 22 heavy (non-hydrogen) atoms. The van der Waals surface area contributed by atoms with Crippen molar-refractivity contribution in [1.82, 2.24) is 15.4 Å². The molecule has 0 aliphatic carbocycles. The van der Waals surface area contributed by atoms with Gasteiger partial charge < -0.3 is 15.4 Å². The third-order valence-electron chi connectivity index (χ3n) is 2.67. The Kier molecular flexibility index (Phi) is 10.8. The van der Waals surface area contributed by atoms with Crippen molar-refractivity contribution in [1.29, 1.82) is 0 Å². The van der Waals surface area contributed by atoms with E-state index in [2.05, 4.69) is 20.3 Å². The summed E-state index contributed by atoms with van der Waals surface area (Å²) in [5.74, 6) is 0.631. The van der Waals surface area contributed by atoms with Crippen molar-refractivity contribution >= 4 is 40.0 Å². The molecule has 134 valence electrons. The molecule has 0 saturated carbocycles. The first-order valence-corrected chi connectivity index (χ1v) is 8.86. The summed E-state index contributed by atoms with van der Waals surface area (Å²) < 4.78 is 30.5. The highest BCUT2D eigenvalue weighted by molar-refractivity contribution is 14.0. The molecule has 0 rings (SSSR count). The maximum absolute atomic E-state index is 11.3. The summed E-state index contributed by atoms with van der Waals surface area (Å²) in [6.07, 6.45) is 1.14. The Labute approximate surface area is 152 Å². The molecule has 3 N–H and O–H groups in total. The predicted octanol–water partition coefficient (Wildman–Crippen LogP) is 0.912. The van der Waals surface area contributed by atoms with E-state index in [0.717, 1.165) is 12.8 Å². The molecular formula is C13H31IN4O3S. The van der Waals surface area contributed by atoms with E-state index in [0.29, 0.717) is 19.0 Å². The number of aliphatic imine (C=N–C) groups is 1. The molecule has 0 spiro atoms. The highest BCUT2D eigenvalue weighted by Gasteiger charge is 2.22. The fourth-order valence-electron chi connectivity index (χ4n) is 1.52. The maximum atomic E-state index is 11.3. The molecule has 7 nitrogen and oxygen atoms in total. The molecule has 0 saturated heterocycles. The van der Waals surface area contributed by atoms with E-state index < -0.39 is 15.6 Å². The molecule has 0 aromatic rings. The number of methoxy groups -OCH3 is 1. The zero-order chi connectivity index (χ0) is 16.7. The minimum Gasteiger partial charge on any atom is -0.377 e. The van der Waals surface area contributed by atoms with Gasteiger partial charge in [0, 0.05) is 25.7 Å². The number of hydrogen-bond acceptors (Lipinski definition) is 4. The molecule has 0 amide bonds. The first kappa shape index (κ1) is 24.1. The number of nitrogens with one attached hydrogen (secondary N) is 3. The number of rotatable bonds is 8. The monoisotopic (exact) mass is 450 g/mol. The molecule has 0 radical (unpaired) electrons. The second kappa shape index (κ2) is 9.89. The summed E-state index contributed by atoms with van der Waals surface area (Å²) >= 11 is 0. The van der Waals surface area contributed by atoms with Crippen LogP contribution in [0.5, 0.6) is 0 Å². The highest BCUT2D eigenvalue weighted by atomic mass is 127. The summed E-state index contributed by atoms with van der Waals surface area (Å²) in [6, 6.07) is 0. The van der Waals surface area contributed by atoms with E-state index in [1.807, 2.05) is 20.8 Å². The van der Waals surface area contributed by atoms with Gasteiger partial charge in [-0.15, -0.1) is 24.0 Å². The lowest BCUT2D eigenvalue weighted by molar-refractivity contribution is 0.0268. The average molecular weight is 450 g/mol. The van der Waals surface area contributed by atoms with Crippen molar-refractivity contribution in [2.75, 3.05) is 33.0 Å². The van der Waals surface area contributed by atoms with E-state index in [4.69, 9.17) is 4.74 Å². The van der Waals surface area contributed by atoms with Crippen molar-refractivity contribution in [2.45, 2.75) is 45.8 Å². The number of guanidine groups is 1. The van der Waals surface area contributed by atoms with Crippen LogP contribution in [0.3, 0.4) is 0 Å². The maximum Gasteiger partial charge on any atom is 0.209 e. The zero-order valence-corrected chi connectivity index (χ0v) is 17.8. The molecule has 0 aliphatic heterocycles. The lowest BCUT2D eigenvalue weighted by Crippen LogP contribution is -2.48. The first-order chi connectivity index (χ1) is 9.41. The highest BCUT2D eigenvalue weighted by Crippen LogP contribution is 2.06. The Morgan fingerprint density at radius 2 is 1.73 bits per heavy atom. The van der Waals surface area contributed by atoms with Crippen LogP contribution in [0.1, 0.15) is 34.6 Å². The summed E-state index contributed by atoms with van der Waals surface area (Å²) in [4.78, 5) is 4.42. The van der Waals surface area contributed by atoms with Gasteiger partial charge in [0.25, 0.3) is 0 Å². The molecule has 0 unspecified atom stereocenters. The van der Waals surface area contributed by atoms with E-state index in [1.165, 1.54) is 0 Å². The van der Waals surface area contributed by atoms with Gasteiger partial charge in [0.2, 0.25) is 10.0 Å². The molecule has 0 heterocycles. The van der Waals surface area contributed by atoms with E-state index >= 15 is 0 Å². The third-order valence-corrected chi connectivity index (χ3v) is 3.60. The molecule has 0 bridgehead atoms. The Balaban J connectivity index is 0. The van der Waals surface area contributed by atoms with Gasteiger partial charge in [-0.1, -0.05) is 0 Å². The van der Waals surface area contributed by atoms with E-state index in [1.54, 1.807) is 21.0 Å². The third kappa shape index (κ3) is 12.4. The van der Waals surface area contributed by atoms with Crippen LogP contribution >= 0.6 is 24.0 Å². The van der Waals surface area contributed by atoms with Gasteiger partial charge in [0.15, 0.2) is 5.96 Å². The fourth-order valence-corrected chi connectivity index (χ4v) is 2.59. The van der Waals surface area contributed by atoms with Crippen LogP contribution in [0.2, 0.25) is 0 Å². The number of ether oxygens (including phenoxy) is 1. The summed E-state index contributed by atoms with van der Waals surface area (Å²) in [5, 5.41) is 6.30. The lowest BCUT2D eigenvalue weighted by Gasteiger charge is -2.26. The van der Waals surface area contributed by atoms with Crippen LogP contribution in [0.15, 0.2) is 4.99 Å². The molecule has 0 aromatic heterocycles. The topological polar surface area (TPSA) is 91.8 Å². The smallest absolute Gasteiger partial charge is 0.209 e. The number of hydrogen-bond donors (Lipinski definition) is 3. The van der Waals surface area contributed by atoms with Gasteiger partial charge in [-0.25, -0.2) is 13.1 Å². The minimum atomic E-state index is -3.26. The Bertz CT molecular complexity index is 450. The van der Waals surface area contributed by atoms with Crippen LogP contribution in [0, 0.1) is 0 Å². The van der Waals surface area contributed by atoms with Gasteiger partial charge in [-0.2, -0.15) is 0 Å². The van der Waals surface area contributed by atoms with Crippen LogP contribution < -0.4 is 15.4 Å². The van der Waals surface area contributed by atoms with Crippen molar-refractivity contribution in [3.05, 3.63) is 0 Å². The summed E-state index contributed by atoms with van der Waals surface area (Å²) in [6.45, 7) is 11.1. The molecule has 9 heteroatoms. The van der Waals surface area contributed by atoms with Gasteiger partial charge >= 0.3 is 0 Å². The standard InChI is InChI=1S/C13H30N4O3S.HI/c1-8-14-11(16-10-13(4,5)20-6)15-9-12(2,3)17-21(7,18)19;/h17H,8-10H2,1-7H3,(H2,14,15,16);1H. The zero-order valence-electron chi connectivity index (χ0n) is 14.6. The Morgan fingerprint density at radius 1 is 1.18 bits per heavy atom. The second-order valence-electron chi connectivity index (χ2n) is 6.27. The quantitative estimate of drug-likeness (QED) is 0.291. The van der Waals surface area contributed by atoms with Crippen molar-refractivity contribution < 1.29 is 13.2 Å². The number of halogens is 1. The first-order valence-electron chi connectivity index (χ1n) is 6.97. The molecule has 0 aromatic carbocycles. The number of nitrogens with zero attached hydrogens (tertiary/aromatic N) is 1. The van der Waals surface area contributed by atoms with Crippen molar-refractivity contribution in [3.8, 4) is 0 Å². The summed E-state index contributed by atoms with van der Waals surface area (Å²) in [5.41, 5.74) is -0.955. The minimum absolute atomic E-state index is 0. The van der Waals surface area contributed by atoms with Crippen LogP contribution in [-0.2, 0) is 14.8 Å². The van der Waals surface area contributed by atoms with Gasteiger partial charge in [0.1, 0.15) is 0 Å². The average Bonchev–Trinajstić information content (AvgIpc) is 2.30. The van der Waals surface area contributed by atoms with Gasteiger partial charge in [-0.3, -0.25) is 4.99 Å². The Morgan fingerprint density at radius 3 is 2.14 bits per heavy atom. The molecule has 0 atom stereocenters. The molecular weight excluding hydrogens is 419 g/mol. The summed E-state index contributed by atoms with van der Waals surface area (Å²) in [7, 11) is -1.60. The van der Waals surface area contributed by atoms with Crippen LogP contribution in [-0.4, -0.2) is 58.5 Å². The normalized spacial score (nSPS) is 13.5. The largest absolute Gasteiger partial charge is 0.377 e. The van der Waals surface area contributed by atoms with E-state index in [-0.39, 0.29) is 29.6 Å². The van der Waals surface area contributed by atoms with Crippen LogP contribution in [0.4, 0.5) is 0 Å². The van der Waals surface area contributed by atoms with Gasteiger partial charge in [0.05, 0.1) is 18.4 Å². The SMILES string of the molecule is CCNC(=NCC(C)(C)NS(C)(=O)=O)NCC(C)(C)OC.I. The van der Waals surface area contributed by atoms with Gasteiger partial charge in [-0.05, 0) is 34.6 Å². The van der Waals surface area contributed by atoms with Crippen LogP contribution in [0.25, 0.3) is 0 Å². The van der Waals surface area contributed by atoms with Crippen molar-refractivity contribution in [2.24, 2.45) is 4.99 Å². The predicted molar refractivity (Wildman–Crippen MR) is 103 cm³/mol. The molecule has 0 aliphatic rings. The van der Waals surface area contributed by atoms with E-state index in [9.17, 15) is 8.42 Å². The fraction of sp³-hybridized carbons (Fsp3) is 0.923.